The van der Waals surface area contributed by atoms with Crippen LogP contribution >= 0.6 is 11.6 Å². The van der Waals surface area contributed by atoms with Crippen molar-refractivity contribution in [1.29, 1.82) is 0 Å². The minimum Gasteiger partial charge on any atom is -0.445 e. The monoisotopic (exact) mass is 388 g/mol. The van der Waals surface area contributed by atoms with E-state index in [2.05, 4.69) is 22.4 Å². The number of nitrogens with one attached hydrogen (secondary N) is 1. The first kappa shape index (κ1) is 18.5. The third-order valence-corrected chi connectivity index (χ3v) is 6.14. The van der Waals surface area contributed by atoms with Crippen LogP contribution in [0.25, 0.3) is 0 Å². The molecule has 0 spiro atoms. The summed E-state index contributed by atoms with van der Waals surface area (Å²) in [5.74, 6) is 0.363. The fourth-order valence-electron chi connectivity index (χ4n) is 4.37. The van der Waals surface area contributed by atoms with E-state index in [1.165, 1.54) is 31.2 Å². The van der Waals surface area contributed by atoms with Gasteiger partial charge in [-0.3, -0.25) is 4.79 Å². The van der Waals surface area contributed by atoms with Gasteiger partial charge in [0.15, 0.2) is 17.8 Å². The van der Waals surface area contributed by atoms with Crippen molar-refractivity contribution in [3.63, 3.8) is 0 Å². The molecule has 2 aromatic rings. The number of hydrogen-bond donors (Lipinski definition) is 1. The minimum absolute atomic E-state index is 0.0493. The fourth-order valence-corrected chi connectivity index (χ4v) is 4.50. The number of nitrogens with zero attached hydrogens (tertiary/aromatic N) is 1. The van der Waals surface area contributed by atoms with E-state index in [4.69, 9.17) is 20.8 Å². The molecule has 5 nitrogen and oxygen atoms in total. The van der Waals surface area contributed by atoms with E-state index in [0.29, 0.717) is 24.6 Å². The van der Waals surface area contributed by atoms with Crippen molar-refractivity contribution in [2.24, 2.45) is 0 Å². The molecular formula is C21H25ClN2O3. The smallest absolute Gasteiger partial charge is 0.273 e. The summed E-state index contributed by atoms with van der Waals surface area (Å²) in [5, 5.41) is 3.86. The summed E-state index contributed by atoms with van der Waals surface area (Å²) in [5.41, 5.74) is 1.54. The van der Waals surface area contributed by atoms with Crippen molar-refractivity contribution in [2.75, 3.05) is 13.2 Å². The van der Waals surface area contributed by atoms with E-state index in [-0.39, 0.29) is 17.4 Å². The number of hydrogen-bond acceptors (Lipinski definition) is 4. The van der Waals surface area contributed by atoms with E-state index >= 15 is 0 Å². The molecule has 144 valence electrons. The number of halogens is 1. The number of benzene rings is 1. The second-order valence-corrected chi connectivity index (χ2v) is 8.03. The number of aromatic nitrogens is 1. The normalized spacial score (nSPS) is 21.9. The van der Waals surface area contributed by atoms with Gasteiger partial charge in [-0.1, -0.05) is 43.0 Å². The van der Waals surface area contributed by atoms with Gasteiger partial charge in [-0.25, -0.2) is 4.98 Å². The molecule has 6 heteroatoms. The zero-order valence-corrected chi connectivity index (χ0v) is 16.1. The lowest BCUT2D eigenvalue weighted by Crippen LogP contribution is -2.42. The standard InChI is InChI=1S/C21H25ClN2O3/c22-16-8-6-15(7-9-16)21(10-2-1-3-11-21)13-23-20(25)18-19(27-14-24-18)17-5-4-12-26-17/h6-9,14,17H,1-5,10-13H2,(H,23,25). The van der Waals surface area contributed by atoms with Crippen LogP contribution in [0.2, 0.25) is 5.02 Å². The summed E-state index contributed by atoms with van der Waals surface area (Å²) in [7, 11) is 0. The fraction of sp³-hybridized carbons (Fsp3) is 0.524. The number of oxazole rings is 1. The maximum atomic E-state index is 12.8. The molecule has 1 saturated heterocycles. The van der Waals surface area contributed by atoms with Crippen molar-refractivity contribution < 1.29 is 13.9 Å². The van der Waals surface area contributed by atoms with Crippen molar-refractivity contribution in [2.45, 2.75) is 56.5 Å². The van der Waals surface area contributed by atoms with Crippen molar-refractivity contribution in [3.05, 3.63) is 52.7 Å². The molecule has 0 bridgehead atoms. The third-order valence-electron chi connectivity index (χ3n) is 5.89. The van der Waals surface area contributed by atoms with Gasteiger partial charge in [0.2, 0.25) is 0 Å². The molecule has 1 aromatic carbocycles. The summed E-state index contributed by atoms with van der Waals surface area (Å²) in [6, 6.07) is 8.05. The second kappa shape index (κ2) is 8.03. The molecule has 1 aliphatic heterocycles. The van der Waals surface area contributed by atoms with E-state index < -0.39 is 0 Å². The molecule has 0 radical (unpaired) electrons. The molecule has 1 aromatic heterocycles. The summed E-state index contributed by atoms with van der Waals surface area (Å²) >= 11 is 6.07. The molecule has 1 unspecified atom stereocenters. The Bertz CT molecular complexity index is 775. The Kier molecular flexibility index (Phi) is 5.50. The zero-order valence-electron chi connectivity index (χ0n) is 15.4. The third kappa shape index (κ3) is 3.90. The minimum atomic E-state index is -0.187. The van der Waals surface area contributed by atoms with Crippen LogP contribution < -0.4 is 5.32 Å². The Balaban J connectivity index is 1.50. The van der Waals surface area contributed by atoms with Crippen molar-refractivity contribution >= 4 is 17.5 Å². The van der Waals surface area contributed by atoms with Crippen LogP contribution in [-0.4, -0.2) is 24.0 Å². The Morgan fingerprint density at radius 2 is 1.96 bits per heavy atom. The molecule has 27 heavy (non-hydrogen) atoms. The summed E-state index contributed by atoms with van der Waals surface area (Å²) < 4.78 is 11.1. The maximum Gasteiger partial charge on any atom is 0.273 e. The second-order valence-electron chi connectivity index (χ2n) is 7.60. The van der Waals surface area contributed by atoms with Crippen LogP contribution in [-0.2, 0) is 10.2 Å². The van der Waals surface area contributed by atoms with E-state index in [9.17, 15) is 4.79 Å². The number of carbonyl (C=O) groups is 1. The van der Waals surface area contributed by atoms with Gasteiger partial charge < -0.3 is 14.5 Å². The van der Waals surface area contributed by atoms with Crippen molar-refractivity contribution in [3.8, 4) is 0 Å². The molecule has 1 amide bonds. The highest BCUT2D eigenvalue weighted by Crippen LogP contribution is 2.39. The first-order chi connectivity index (χ1) is 13.2. The van der Waals surface area contributed by atoms with Gasteiger partial charge in [0.25, 0.3) is 5.91 Å². The van der Waals surface area contributed by atoms with Crippen LogP contribution in [0.5, 0.6) is 0 Å². The summed E-state index contributed by atoms with van der Waals surface area (Å²) in [6.45, 7) is 1.29. The Morgan fingerprint density at radius 1 is 1.19 bits per heavy atom. The Hall–Kier alpha value is -1.85. The largest absolute Gasteiger partial charge is 0.445 e. The maximum absolute atomic E-state index is 12.8. The molecule has 4 rings (SSSR count). The molecule has 2 fully saturated rings. The first-order valence-electron chi connectivity index (χ1n) is 9.77. The quantitative estimate of drug-likeness (QED) is 0.798. The highest BCUT2D eigenvalue weighted by atomic mass is 35.5. The number of amides is 1. The van der Waals surface area contributed by atoms with Gasteiger partial charge in [0.05, 0.1) is 0 Å². The zero-order chi connectivity index (χ0) is 18.7. The van der Waals surface area contributed by atoms with Crippen LogP contribution in [0.4, 0.5) is 0 Å². The van der Waals surface area contributed by atoms with Crippen LogP contribution in [0.15, 0.2) is 35.1 Å². The molecule has 2 aliphatic rings. The highest BCUT2D eigenvalue weighted by Gasteiger charge is 2.35. The van der Waals surface area contributed by atoms with Crippen LogP contribution in [0.1, 0.15) is 72.9 Å². The predicted molar refractivity (Wildman–Crippen MR) is 103 cm³/mol. The number of ether oxygens (including phenoxy) is 1. The topological polar surface area (TPSA) is 64.4 Å². The van der Waals surface area contributed by atoms with Gasteiger partial charge in [-0.05, 0) is 43.4 Å². The van der Waals surface area contributed by atoms with Gasteiger partial charge in [0.1, 0.15) is 6.10 Å². The molecule has 2 heterocycles. The first-order valence-corrected chi connectivity index (χ1v) is 10.1. The van der Waals surface area contributed by atoms with Crippen LogP contribution in [0, 0.1) is 0 Å². The average Bonchev–Trinajstić information content (AvgIpc) is 3.38. The Morgan fingerprint density at radius 3 is 2.67 bits per heavy atom. The van der Waals surface area contributed by atoms with Gasteiger partial charge in [-0.15, -0.1) is 0 Å². The SMILES string of the molecule is O=C(NCC1(c2ccc(Cl)cc2)CCCCC1)c1ncoc1C1CCCO1. The van der Waals surface area contributed by atoms with E-state index in [0.717, 1.165) is 30.7 Å². The lowest BCUT2D eigenvalue weighted by Gasteiger charge is -2.38. The average molecular weight is 389 g/mol. The molecule has 1 aliphatic carbocycles. The van der Waals surface area contributed by atoms with E-state index in [1.807, 2.05) is 12.1 Å². The lowest BCUT2D eigenvalue weighted by molar-refractivity contribution is 0.0853. The summed E-state index contributed by atoms with van der Waals surface area (Å²) in [4.78, 5) is 17.0. The predicted octanol–water partition coefficient (Wildman–Crippen LogP) is 4.81. The van der Waals surface area contributed by atoms with Crippen LogP contribution in [0.3, 0.4) is 0 Å². The van der Waals surface area contributed by atoms with Crippen molar-refractivity contribution in [1.82, 2.24) is 10.3 Å². The number of rotatable bonds is 5. The molecule has 1 atom stereocenters. The molecular weight excluding hydrogens is 364 g/mol. The summed E-state index contributed by atoms with van der Waals surface area (Å²) in [6.07, 6.45) is 8.73. The number of carbonyl (C=O) groups excluding carboxylic acids is 1. The van der Waals surface area contributed by atoms with E-state index in [1.54, 1.807) is 0 Å². The molecule has 1 N–H and O–H groups in total. The van der Waals surface area contributed by atoms with Gasteiger partial charge >= 0.3 is 0 Å². The Labute approximate surface area is 164 Å². The van der Waals surface area contributed by atoms with Gasteiger partial charge in [0, 0.05) is 23.6 Å². The van der Waals surface area contributed by atoms with Gasteiger partial charge in [-0.2, -0.15) is 0 Å². The lowest BCUT2D eigenvalue weighted by atomic mass is 9.69. The highest BCUT2D eigenvalue weighted by molar-refractivity contribution is 6.30. The molecule has 1 saturated carbocycles.